The minimum Gasteiger partial charge on any atom is -0.454 e. The van der Waals surface area contributed by atoms with Gasteiger partial charge in [-0.1, -0.05) is 25.1 Å². The summed E-state index contributed by atoms with van der Waals surface area (Å²) in [4.78, 5) is 50.3. The average Bonchev–Trinajstić information content (AvgIpc) is 2.95. The first-order valence-electron chi connectivity index (χ1n) is 10.0. The predicted molar refractivity (Wildman–Crippen MR) is 120 cm³/mol. The molecule has 2 aromatic carbocycles. The van der Waals surface area contributed by atoms with Gasteiger partial charge in [-0.25, -0.2) is 4.79 Å². The lowest BCUT2D eigenvalue weighted by Crippen LogP contribution is -2.42. The second-order valence-electron chi connectivity index (χ2n) is 7.34. The number of carbonyl (C=O) groups excluding carboxylic acids is 3. The number of ether oxygens (including phenoxy) is 1. The Morgan fingerprint density at radius 2 is 2.00 bits per heavy atom. The van der Waals surface area contributed by atoms with Gasteiger partial charge in [-0.15, -0.1) is 11.8 Å². The van der Waals surface area contributed by atoms with Crippen LogP contribution in [0.3, 0.4) is 0 Å². The first-order valence-corrected chi connectivity index (χ1v) is 10.9. The number of para-hydroxylation sites is 1. The molecule has 1 N–H and O–H groups in total. The van der Waals surface area contributed by atoms with E-state index in [-0.39, 0.29) is 17.2 Å². The van der Waals surface area contributed by atoms with E-state index in [1.807, 2.05) is 24.3 Å². The molecule has 168 valence electrons. The van der Waals surface area contributed by atoms with Crippen molar-refractivity contribution in [2.45, 2.75) is 36.5 Å². The summed E-state index contributed by atoms with van der Waals surface area (Å²) < 4.78 is 5.14. The minimum atomic E-state index is -1.04. The number of carbonyl (C=O) groups is 3. The normalized spacial score (nSPS) is 16.3. The Labute approximate surface area is 189 Å². The molecule has 0 bridgehead atoms. The lowest BCUT2D eigenvalue weighted by molar-refractivity contribution is -0.384. The van der Waals surface area contributed by atoms with E-state index in [4.69, 9.17) is 4.74 Å². The molecule has 0 saturated carbocycles. The van der Waals surface area contributed by atoms with Crippen LogP contribution in [0.4, 0.5) is 11.4 Å². The van der Waals surface area contributed by atoms with Crippen molar-refractivity contribution in [3.8, 4) is 0 Å². The summed E-state index contributed by atoms with van der Waals surface area (Å²) in [6, 6.07) is 11.7. The van der Waals surface area contributed by atoms with Gasteiger partial charge in [0, 0.05) is 34.4 Å². The molecule has 10 heteroatoms. The van der Waals surface area contributed by atoms with E-state index in [1.165, 1.54) is 25.1 Å². The molecule has 0 radical (unpaired) electrons. The molecule has 9 nitrogen and oxygen atoms in total. The number of amides is 2. The Balaban J connectivity index is 1.58. The van der Waals surface area contributed by atoms with Crippen LogP contribution >= 0.6 is 11.8 Å². The maximum absolute atomic E-state index is 12.8. The van der Waals surface area contributed by atoms with E-state index in [0.29, 0.717) is 11.8 Å². The monoisotopic (exact) mass is 457 g/mol. The highest BCUT2D eigenvalue weighted by Crippen LogP contribution is 2.37. The lowest BCUT2D eigenvalue weighted by atomic mass is 10.2. The molecule has 0 aromatic heterocycles. The number of non-ortho nitro benzene ring substituents is 1. The number of hydrogen-bond donors (Lipinski definition) is 1. The number of nitro benzene ring substituents is 1. The van der Waals surface area contributed by atoms with E-state index in [2.05, 4.69) is 12.2 Å². The number of rotatable bonds is 6. The van der Waals surface area contributed by atoms with Crippen LogP contribution in [0, 0.1) is 10.1 Å². The summed E-state index contributed by atoms with van der Waals surface area (Å²) in [7, 11) is 0. The summed E-state index contributed by atoms with van der Waals surface area (Å²) in [6.07, 6.45) is 0.800. The Bertz CT molecular complexity index is 1040. The van der Waals surface area contributed by atoms with Gasteiger partial charge in [0.1, 0.15) is 6.04 Å². The number of esters is 1. The zero-order valence-corrected chi connectivity index (χ0v) is 18.5. The van der Waals surface area contributed by atoms with Gasteiger partial charge in [-0.2, -0.15) is 0 Å². The maximum Gasteiger partial charge on any atom is 0.328 e. The molecule has 0 aliphatic carbocycles. The second-order valence-corrected chi connectivity index (χ2v) is 8.82. The van der Waals surface area contributed by atoms with E-state index in [0.717, 1.165) is 23.1 Å². The van der Waals surface area contributed by atoms with Crippen molar-refractivity contribution in [1.29, 1.82) is 0 Å². The van der Waals surface area contributed by atoms with Gasteiger partial charge < -0.3 is 15.0 Å². The van der Waals surface area contributed by atoms with Crippen molar-refractivity contribution >= 4 is 40.9 Å². The SMILES string of the molecule is CC1CCN(C(=O)COC(=O)[C@H](C)NC(=O)c2cccc([N+](=O)[O-])c2)c2ccccc2S1. The van der Waals surface area contributed by atoms with Crippen molar-refractivity contribution in [3.05, 3.63) is 64.2 Å². The van der Waals surface area contributed by atoms with E-state index >= 15 is 0 Å². The molecule has 1 aliphatic rings. The number of thioether (sulfide) groups is 1. The molecular formula is C22H23N3O6S. The molecule has 1 unspecified atom stereocenters. The van der Waals surface area contributed by atoms with Gasteiger partial charge in [0.05, 0.1) is 10.6 Å². The number of fused-ring (bicyclic) bond motifs is 1. The Hall–Kier alpha value is -3.40. The fourth-order valence-corrected chi connectivity index (χ4v) is 4.29. The Kier molecular flexibility index (Phi) is 7.47. The molecule has 1 aliphatic heterocycles. The smallest absolute Gasteiger partial charge is 0.328 e. The molecule has 2 aromatic rings. The van der Waals surface area contributed by atoms with Crippen LogP contribution < -0.4 is 10.2 Å². The number of anilines is 1. The topological polar surface area (TPSA) is 119 Å². The highest BCUT2D eigenvalue weighted by molar-refractivity contribution is 8.00. The number of nitrogens with zero attached hydrogens (tertiary/aromatic N) is 2. The van der Waals surface area contributed by atoms with Gasteiger partial charge >= 0.3 is 5.97 Å². The first kappa shape index (κ1) is 23.3. The highest BCUT2D eigenvalue weighted by Gasteiger charge is 2.26. The molecule has 0 saturated heterocycles. The third kappa shape index (κ3) is 5.64. The zero-order chi connectivity index (χ0) is 23.3. The summed E-state index contributed by atoms with van der Waals surface area (Å²) in [5.41, 5.74) is 0.598. The van der Waals surface area contributed by atoms with Crippen LogP contribution in [-0.2, 0) is 14.3 Å². The van der Waals surface area contributed by atoms with E-state index < -0.39 is 29.4 Å². The highest BCUT2D eigenvalue weighted by atomic mass is 32.2. The van der Waals surface area contributed by atoms with Gasteiger partial charge in [0.25, 0.3) is 17.5 Å². The summed E-state index contributed by atoms with van der Waals surface area (Å²) >= 11 is 1.70. The average molecular weight is 458 g/mol. The molecule has 1 heterocycles. The van der Waals surface area contributed by atoms with Crippen molar-refractivity contribution < 1.29 is 24.0 Å². The number of benzene rings is 2. The van der Waals surface area contributed by atoms with Crippen LogP contribution in [0.25, 0.3) is 0 Å². The van der Waals surface area contributed by atoms with Crippen molar-refractivity contribution in [1.82, 2.24) is 5.32 Å². The maximum atomic E-state index is 12.8. The van der Waals surface area contributed by atoms with Crippen molar-refractivity contribution in [2.75, 3.05) is 18.1 Å². The van der Waals surface area contributed by atoms with Crippen LogP contribution in [0.1, 0.15) is 30.6 Å². The third-order valence-electron chi connectivity index (χ3n) is 4.90. The fraction of sp³-hybridized carbons (Fsp3) is 0.318. The third-order valence-corrected chi connectivity index (χ3v) is 6.14. The molecule has 0 fully saturated rings. The van der Waals surface area contributed by atoms with E-state index in [9.17, 15) is 24.5 Å². The Morgan fingerprint density at radius 3 is 2.75 bits per heavy atom. The van der Waals surface area contributed by atoms with Crippen molar-refractivity contribution in [3.63, 3.8) is 0 Å². The standard InChI is InChI=1S/C22H23N3O6S/c1-14-10-11-24(18-8-3-4-9-19(18)32-14)20(26)13-31-22(28)15(2)23-21(27)16-6-5-7-17(12-16)25(29)30/h3-9,12,14-15H,10-11,13H2,1-2H3,(H,23,27)/t14?,15-/m0/s1. The van der Waals surface area contributed by atoms with E-state index in [1.54, 1.807) is 16.7 Å². The second kappa shape index (κ2) is 10.3. The van der Waals surface area contributed by atoms with Crippen LogP contribution in [0.15, 0.2) is 53.4 Å². The van der Waals surface area contributed by atoms with Crippen molar-refractivity contribution in [2.24, 2.45) is 0 Å². The number of nitrogens with one attached hydrogen (secondary N) is 1. The molecule has 2 amide bonds. The lowest BCUT2D eigenvalue weighted by Gasteiger charge is -2.22. The van der Waals surface area contributed by atoms with Gasteiger partial charge in [-0.05, 0) is 31.5 Å². The van der Waals surface area contributed by atoms with Gasteiger partial charge in [0.2, 0.25) is 0 Å². The molecule has 0 spiro atoms. The molecule has 32 heavy (non-hydrogen) atoms. The summed E-state index contributed by atoms with van der Waals surface area (Å²) in [5, 5.41) is 13.6. The molecule has 2 atom stereocenters. The zero-order valence-electron chi connectivity index (χ0n) is 17.6. The fourth-order valence-electron chi connectivity index (χ4n) is 3.18. The largest absolute Gasteiger partial charge is 0.454 e. The first-order chi connectivity index (χ1) is 15.3. The van der Waals surface area contributed by atoms with Gasteiger partial charge in [0.15, 0.2) is 6.61 Å². The summed E-state index contributed by atoms with van der Waals surface area (Å²) in [5.74, 6) is -1.78. The van der Waals surface area contributed by atoms with Crippen LogP contribution in [0.5, 0.6) is 0 Å². The molecule has 3 rings (SSSR count). The Morgan fingerprint density at radius 1 is 1.25 bits per heavy atom. The van der Waals surface area contributed by atoms with Gasteiger partial charge in [-0.3, -0.25) is 19.7 Å². The number of hydrogen-bond acceptors (Lipinski definition) is 7. The minimum absolute atomic E-state index is 0.0442. The van der Waals surface area contributed by atoms with Crippen LogP contribution in [-0.4, -0.2) is 47.2 Å². The molecular weight excluding hydrogens is 434 g/mol. The number of nitro groups is 1. The quantitative estimate of drug-likeness (QED) is 0.402. The van der Waals surface area contributed by atoms with Crippen LogP contribution in [0.2, 0.25) is 0 Å². The predicted octanol–water partition coefficient (Wildman–Crippen LogP) is 3.17. The summed E-state index contributed by atoms with van der Waals surface area (Å²) in [6.45, 7) is 3.58.